The van der Waals surface area contributed by atoms with Crippen LogP contribution in [0.25, 0.3) is 0 Å². The Bertz CT molecular complexity index is 510. The van der Waals surface area contributed by atoms with E-state index in [0.29, 0.717) is 24.4 Å². The molecule has 0 bridgehead atoms. The summed E-state index contributed by atoms with van der Waals surface area (Å²) in [6, 6.07) is 2.96. The van der Waals surface area contributed by atoms with Gasteiger partial charge < -0.3 is 15.4 Å². The summed E-state index contributed by atoms with van der Waals surface area (Å²) in [5.41, 5.74) is 0.334. The Morgan fingerprint density at radius 3 is 2.14 bits per heavy atom. The lowest BCUT2D eigenvalue weighted by molar-refractivity contribution is -0.123. The van der Waals surface area contributed by atoms with Crippen LogP contribution >= 0.6 is 23.2 Å². The van der Waals surface area contributed by atoms with Crippen molar-refractivity contribution >= 4 is 35.0 Å². The van der Waals surface area contributed by atoms with E-state index in [1.807, 2.05) is 0 Å². The first-order valence-electron chi connectivity index (χ1n) is 6.45. The van der Waals surface area contributed by atoms with Crippen molar-refractivity contribution in [1.29, 1.82) is 0 Å². The smallest absolute Gasteiger partial charge is 0.251 e. The molecule has 2 N–H and O–H groups in total. The van der Waals surface area contributed by atoms with Gasteiger partial charge in [-0.1, -0.05) is 37.0 Å². The molecule has 0 atom stereocenters. The molecule has 0 heterocycles. The Kier molecular flexibility index (Phi) is 6.78. The summed E-state index contributed by atoms with van der Waals surface area (Å²) < 4.78 is 5.01. The third kappa shape index (κ3) is 5.10. The maximum absolute atomic E-state index is 11.9. The second-order valence-corrected chi connectivity index (χ2v) is 5.49. The number of halogens is 2. The molecular formula is C14H18Cl2N2O3. The number of carbonyl (C=O) groups is 2. The van der Waals surface area contributed by atoms with E-state index in [1.165, 1.54) is 19.2 Å². The molecule has 0 aromatic heterocycles. The number of carbonyl (C=O) groups excluding carboxylic acids is 2. The first-order valence-corrected chi connectivity index (χ1v) is 7.21. The van der Waals surface area contributed by atoms with Gasteiger partial charge in [-0.2, -0.15) is 0 Å². The molecular weight excluding hydrogens is 315 g/mol. The monoisotopic (exact) mass is 332 g/mol. The molecule has 0 aliphatic rings. The highest BCUT2D eigenvalue weighted by molar-refractivity contribution is 6.37. The van der Waals surface area contributed by atoms with Crippen LogP contribution in [0.15, 0.2) is 12.1 Å². The molecule has 0 aliphatic heterocycles. The highest BCUT2D eigenvalue weighted by Gasteiger charge is 2.13. The lowest BCUT2D eigenvalue weighted by atomic mass is 10.2. The van der Waals surface area contributed by atoms with Crippen molar-refractivity contribution in [3.8, 4) is 5.75 Å². The van der Waals surface area contributed by atoms with Crippen LogP contribution in [-0.2, 0) is 4.79 Å². The topological polar surface area (TPSA) is 67.4 Å². The largest absolute Gasteiger partial charge is 0.494 e. The lowest BCUT2D eigenvalue weighted by Crippen LogP contribution is -2.36. The van der Waals surface area contributed by atoms with E-state index in [0.717, 1.165) is 0 Å². The van der Waals surface area contributed by atoms with E-state index in [4.69, 9.17) is 27.9 Å². The van der Waals surface area contributed by atoms with Crippen molar-refractivity contribution in [2.24, 2.45) is 5.92 Å². The van der Waals surface area contributed by atoms with Gasteiger partial charge in [-0.15, -0.1) is 0 Å². The van der Waals surface area contributed by atoms with Gasteiger partial charge in [0.2, 0.25) is 5.91 Å². The molecule has 0 unspecified atom stereocenters. The summed E-state index contributed by atoms with van der Waals surface area (Å²) >= 11 is 11.9. The van der Waals surface area contributed by atoms with Crippen LogP contribution in [0.1, 0.15) is 24.2 Å². The Morgan fingerprint density at radius 2 is 1.67 bits per heavy atom. The van der Waals surface area contributed by atoms with Crippen LogP contribution in [0, 0.1) is 5.92 Å². The molecule has 0 saturated heterocycles. The normalized spacial score (nSPS) is 10.4. The number of amides is 2. The van der Waals surface area contributed by atoms with Gasteiger partial charge in [0.25, 0.3) is 5.91 Å². The molecule has 116 valence electrons. The summed E-state index contributed by atoms with van der Waals surface area (Å²) in [7, 11) is 1.45. The summed E-state index contributed by atoms with van der Waals surface area (Å²) in [5.74, 6) is -0.126. The molecule has 2 amide bonds. The van der Waals surface area contributed by atoms with Crippen LogP contribution in [0.4, 0.5) is 0 Å². The third-order valence-electron chi connectivity index (χ3n) is 2.70. The number of nitrogens with one attached hydrogen (secondary N) is 2. The van der Waals surface area contributed by atoms with Gasteiger partial charge in [0.1, 0.15) is 0 Å². The van der Waals surface area contributed by atoms with Crippen LogP contribution in [0.2, 0.25) is 10.0 Å². The van der Waals surface area contributed by atoms with Crippen LogP contribution in [-0.4, -0.2) is 32.0 Å². The number of ether oxygens (including phenoxy) is 1. The highest BCUT2D eigenvalue weighted by atomic mass is 35.5. The van der Waals surface area contributed by atoms with E-state index in [2.05, 4.69) is 10.6 Å². The zero-order valence-corrected chi connectivity index (χ0v) is 13.6. The fourth-order valence-corrected chi connectivity index (χ4v) is 2.20. The number of methoxy groups -OCH3 is 1. The van der Waals surface area contributed by atoms with E-state index in [1.54, 1.807) is 13.8 Å². The molecule has 7 heteroatoms. The summed E-state index contributed by atoms with van der Waals surface area (Å²) in [6.45, 7) is 4.28. The highest BCUT2D eigenvalue weighted by Crippen LogP contribution is 2.33. The minimum absolute atomic E-state index is 0.0558. The molecule has 0 fully saturated rings. The van der Waals surface area contributed by atoms with Gasteiger partial charge in [-0.05, 0) is 12.1 Å². The second kappa shape index (κ2) is 8.10. The second-order valence-electron chi connectivity index (χ2n) is 4.67. The first-order chi connectivity index (χ1) is 9.86. The minimum Gasteiger partial charge on any atom is -0.494 e. The third-order valence-corrected chi connectivity index (χ3v) is 3.26. The van der Waals surface area contributed by atoms with Crippen LogP contribution in [0.5, 0.6) is 5.75 Å². The van der Waals surface area contributed by atoms with E-state index >= 15 is 0 Å². The van der Waals surface area contributed by atoms with Crippen LogP contribution < -0.4 is 15.4 Å². The van der Waals surface area contributed by atoms with Gasteiger partial charge in [-0.25, -0.2) is 0 Å². The van der Waals surface area contributed by atoms with Crippen molar-refractivity contribution in [3.63, 3.8) is 0 Å². The van der Waals surface area contributed by atoms with Crippen molar-refractivity contribution in [2.75, 3.05) is 20.2 Å². The molecule has 0 saturated carbocycles. The molecule has 1 aromatic rings. The average Bonchev–Trinajstić information content (AvgIpc) is 2.42. The molecule has 0 aliphatic carbocycles. The summed E-state index contributed by atoms with van der Waals surface area (Å²) in [4.78, 5) is 23.3. The Balaban J connectivity index is 2.55. The quantitative estimate of drug-likeness (QED) is 0.786. The maximum atomic E-state index is 11.9. The Morgan fingerprint density at radius 1 is 1.14 bits per heavy atom. The van der Waals surface area contributed by atoms with Crippen LogP contribution in [0.3, 0.4) is 0 Å². The zero-order valence-electron chi connectivity index (χ0n) is 12.1. The minimum atomic E-state index is -0.319. The molecule has 21 heavy (non-hydrogen) atoms. The average molecular weight is 333 g/mol. The molecule has 0 radical (unpaired) electrons. The van der Waals surface area contributed by atoms with E-state index in [9.17, 15) is 9.59 Å². The van der Waals surface area contributed by atoms with E-state index < -0.39 is 0 Å². The number of hydrogen-bond donors (Lipinski definition) is 2. The van der Waals surface area contributed by atoms with Gasteiger partial charge in [0.05, 0.1) is 17.2 Å². The molecule has 5 nitrogen and oxygen atoms in total. The molecule has 1 rings (SSSR count). The predicted molar refractivity (Wildman–Crippen MR) is 83.2 cm³/mol. The maximum Gasteiger partial charge on any atom is 0.251 e. The predicted octanol–water partition coefficient (Wildman–Crippen LogP) is 2.50. The Hall–Kier alpha value is -1.46. The fourth-order valence-electron chi connectivity index (χ4n) is 1.55. The Labute approximate surface area is 133 Å². The van der Waals surface area contributed by atoms with Gasteiger partial charge in [0, 0.05) is 24.6 Å². The standard InChI is InChI=1S/C14H18Cl2N2O3/c1-8(2)13(19)17-4-5-18-14(20)9-6-10(15)12(21-3)11(16)7-9/h6-8H,4-5H2,1-3H3,(H,17,19)(H,18,20). The molecule has 0 spiro atoms. The van der Waals surface area contributed by atoms with Crippen molar-refractivity contribution < 1.29 is 14.3 Å². The van der Waals surface area contributed by atoms with Gasteiger partial charge in [-0.3, -0.25) is 9.59 Å². The zero-order chi connectivity index (χ0) is 16.0. The van der Waals surface area contributed by atoms with Crippen molar-refractivity contribution in [1.82, 2.24) is 10.6 Å². The molecule has 1 aromatic carbocycles. The fraction of sp³-hybridized carbons (Fsp3) is 0.429. The number of hydrogen-bond acceptors (Lipinski definition) is 3. The van der Waals surface area contributed by atoms with Gasteiger partial charge >= 0.3 is 0 Å². The number of benzene rings is 1. The lowest BCUT2D eigenvalue weighted by Gasteiger charge is -2.10. The first kappa shape index (κ1) is 17.6. The van der Waals surface area contributed by atoms with E-state index in [-0.39, 0.29) is 27.8 Å². The van der Waals surface area contributed by atoms with Gasteiger partial charge in [0.15, 0.2) is 5.75 Å². The van der Waals surface area contributed by atoms with Crippen molar-refractivity contribution in [2.45, 2.75) is 13.8 Å². The summed E-state index contributed by atoms with van der Waals surface area (Å²) in [5, 5.41) is 5.91. The van der Waals surface area contributed by atoms with Crippen molar-refractivity contribution in [3.05, 3.63) is 27.7 Å². The summed E-state index contributed by atoms with van der Waals surface area (Å²) in [6.07, 6.45) is 0. The number of rotatable bonds is 6. The SMILES string of the molecule is COc1c(Cl)cc(C(=O)NCCNC(=O)C(C)C)cc1Cl.